The normalized spacial score (nSPS) is 11.9. The van der Waals surface area contributed by atoms with Gasteiger partial charge in [0.15, 0.2) is 0 Å². The van der Waals surface area contributed by atoms with Crippen LogP contribution in [0.2, 0.25) is 0 Å². The van der Waals surface area contributed by atoms with Crippen molar-refractivity contribution in [2.75, 3.05) is 13.2 Å². The van der Waals surface area contributed by atoms with Crippen molar-refractivity contribution in [3.05, 3.63) is 11.1 Å². The summed E-state index contributed by atoms with van der Waals surface area (Å²) in [5.74, 6) is -2.81. The minimum Gasteiger partial charge on any atom is -0.478 e. The highest BCUT2D eigenvalue weighted by molar-refractivity contribution is 6.02. The summed E-state index contributed by atoms with van der Waals surface area (Å²) in [6.07, 6.45) is 7.59. The fraction of sp³-hybridized carbons (Fsp3) is 0.750. The summed E-state index contributed by atoms with van der Waals surface area (Å²) in [6, 6.07) is 0. The van der Waals surface area contributed by atoms with E-state index in [0.717, 1.165) is 38.5 Å². The number of hydrogen-bond donors (Lipinski definition) is 2. The second-order valence-electron chi connectivity index (χ2n) is 6.52. The third-order valence-corrected chi connectivity index (χ3v) is 4.13. The van der Waals surface area contributed by atoms with E-state index in [1.165, 1.54) is 6.42 Å². The van der Waals surface area contributed by atoms with Crippen molar-refractivity contribution in [3.8, 4) is 0 Å². The number of carboxylic acids is 2. The quantitative estimate of drug-likeness (QED) is 0.291. The van der Waals surface area contributed by atoms with Gasteiger partial charge in [0.2, 0.25) is 0 Å². The zero-order valence-electron chi connectivity index (χ0n) is 16.2. The summed E-state index contributed by atoms with van der Waals surface area (Å²) >= 11 is 0. The average molecular weight is 370 g/mol. The van der Waals surface area contributed by atoms with Crippen LogP contribution in [0.1, 0.15) is 84.5 Å². The number of rotatable bonds is 17. The van der Waals surface area contributed by atoms with Gasteiger partial charge >= 0.3 is 11.9 Å². The Labute approximate surface area is 156 Å². The lowest BCUT2D eigenvalue weighted by molar-refractivity contribution is -0.136. The Balaban J connectivity index is 4.61. The Morgan fingerprint density at radius 3 is 1.88 bits per heavy atom. The van der Waals surface area contributed by atoms with Gasteiger partial charge < -0.3 is 14.9 Å². The molecule has 0 aromatic rings. The standard InChI is InChI=1S/C20H34O6/c1-3-5-6-7-8-9-11-16(21)15-18(20(24)25)17(19(22)23)12-10-14-26-13-4-2/h3-15H2,1-2H3,(H,22,23)(H,24,25)/b18-17+. The lowest BCUT2D eigenvalue weighted by atomic mass is 9.97. The van der Waals surface area contributed by atoms with Crippen molar-refractivity contribution in [1.82, 2.24) is 0 Å². The maximum Gasteiger partial charge on any atom is 0.332 e. The molecule has 0 heterocycles. The molecule has 0 fully saturated rings. The molecule has 0 aliphatic rings. The van der Waals surface area contributed by atoms with Crippen LogP contribution in [-0.4, -0.2) is 41.1 Å². The molecule has 0 bridgehead atoms. The maximum atomic E-state index is 12.1. The molecular formula is C20H34O6. The van der Waals surface area contributed by atoms with E-state index in [4.69, 9.17) is 4.74 Å². The second kappa shape index (κ2) is 15.6. The van der Waals surface area contributed by atoms with Gasteiger partial charge in [-0.25, -0.2) is 9.59 Å². The summed E-state index contributed by atoms with van der Waals surface area (Å²) in [7, 11) is 0. The number of ether oxygens (including phenoxy) is 1. The monoisotopic (exact) mass is 370 g/mol. The maximum absolute atomic E-state index is 12.1. The third-order valence-electron chi connectivity index (χ3n) is 4.13. The molecule has 0 saturated carbocycles. The van der Waals surface area contributed by atoms with E-state index in [-0.39, 0.29) is 29.8 Å². The first-order valence-corrected chi connectivity index (χ1v) is 9.72. The molecule has 0 radical (unpaired) electrons. The number of carboxylic acid groups (broad SMARTS) is 2. The van der Waals surface area contributed by atoms with Crippen molar-refractivity contribution < 1.29 is 29.3 Å². The van der Waals surface area contributed by atoms with Crippen LogP contribution in [-0.2, 0) is 19.1 Å². The zero-order chi connectivity index (χ0) is 19.8. The SMILES string of the molecule is CCCCCCCCC(=O)C/C(C(=O)O)=C(/CCCOCCC)C(=O)O. The van der Waals surface area contributed by atoms with Gasteiger partial charge in [0.05, 0.1) is 5.57 Å². The summed E-state index contributed by atoms with van der Waals surface area (Å²) in [4.78, 5) is 35.0. The van der Waals surface area contributed by atoms with Crippen LogP contribution in [0.5, 0.6) is 0 Å². The van der Waals surface area contributed by atoms with E-state index in [9.17, 15) is 24.6 Å². The first-order chi connectivity index (χ1) is 12.4. The van der Waals surface area contributed by atoms with Crippen LogP contribution in [0, 0.1) is 0 Å². The zero-order valence-corrected chi connectivity index (χ0v) is 16.2. The molecule has 150 valence electrons. The molecule has 0 amide bonds. The summed E-state index contributed by atoms with van der Waals surface area (Å²) in [6.45, 7) is 5.08. The topological polar surface area (TPSA) is 101 Å². The Hall–Kier alpha value is -1.69. The second-order valence-corrected chi connectivity index (χ2v) is 6.52. The Bertz CT molecular complexity index is 467. The minimum atomic E-state index is -1.33. The van der Waals surface area contributed by atoms with E-state index in [2.05, 4.69) is 6.92 Å². The van der Waals surface area contributed by atoms with Crippen molar-refractivity contribution >= 4 is 17.7 Å². The number of Topliss-reactive ketones (excluding diaryl/α,β-unsaturated/α-hetero) is 1. The van der Waals surface area contributed by atoms with E-state index in [0.29, 0.717) is 26.1 Å². The van der Waals surface area contributed by atoms with E-state index in [1.54, 1.807) is 0 Å². The molecule has 26 heavy (non-hydrogen) atoms. The summed E-state index contributed by atoms with van der Waals surface area (Å²) in [5, 5.41) is 18.7. The molecule has 6 nitrogen and oxygen atoms in total. The van der Waals surface area contributed by atoms with Crippen LogP contribution in [0.15, 0.2) is 11.1 Å². The highest BCUT2D eigenvalue weighted by Crippen LogP contribution is 2.18. The lowest BCUT2D eigenvalue weighted by Crippen LogP contribution is -2.15. The molecule has 0 aromatic carbocycles. The molecule has 0 rings (SSSR count). The van der Waals surface area contributed by atoms with Gasteiger partial charge in [-0.15, -0.1) is 0 Å². The fourth-order valence-electron chi connectivity index (χ4n) is 2.68. The molecule has 0 atom stereocenters. The van der Waals surface area contributed by atoms with Gasteiger partial charge in [0, 0.05) is 31.6 Å². The van der Waals surface area contributed by atoms with Crippen molar-refractivity contribution in [1.29, 1.82) is 0 Å². The smallest absolute Gasteiger partial charge is 0.332 e. The highest BCUT2D eigenvalue weighted by atomic mass is 16.5. The number of aliphatic carboxylic acids is 2. The summed E-state index contributed by atoms with van der Waals surface area (Å²) in [5.41, 5.74) is -0.474. The predicted octanol–water partition coefficient (Wildman–Crippen LogP) is 4.37. The van der Waals surface area contributed by atoms with Crippen molar-refractivity contribution in [2.45, 2.75) is 84.5 Å². The Morgan fingerprint density at radius 1 is 0.692 bits per heavy atom. The molecule has 2 N–H and O–H groups in total. The van der Waals surface area contributed by atoms with E-state index < -0.39 is 11.9 Å². The lowest BCUT2D eigenvalue weighted by Gasteiger charge is -2.09. The number of carbonyl (C=O) groups excluding carboxylic acids is 1. The van der Waals surface area contributed by atoms with Crippen molar-refractivity contribution in [2.24, 2.45) is 0 Å². The molecule has 0 unspecified atom stereocenters. The molecule has 0 aliphatic carbocycles. The number of unbranched alkanes of at least 4 members (excludes halogenated alkanes) is 5. The van der Waals surface area contributed by atoms with E-state index in [1.807, 2.05) is 6.92 Å². The molecule has 0 aliphatic heterocycles. The van der Waals surface area contributed by atoms with Crippen LogP contribution in [0.3, 0.4) is 0 Å². The Kier molecular flexibility index (Phi) is 14.5. The van der Waals surface area contributed by atoms with Crippen molar-refractivity contribution in [3.63, 3.8) is 0 Å². The largest absolute Gasteiger partial charge is 0.478 e. The van der Waals surface area contributed by atoms with Crippen LogP contribution in [0.25, 0.3) is 0 Å². The van der Waals surface area contributed by atoms with Gasteiger partial charge in [0.1, 0.15) is 5.78 Å². The minimum absolute atomic E-state index is 0.0883. The van der Waals surface area contributed by atoms with Crippen LogP contribution >= 0.6 is 0 Å². The third kappa shape index (κ3) is 11.8. The van der Waals surface area contributed by atoms with Crippen LogP contribution in [0.4, 0.5) is 0 Å². The predicted molar refractivity (Wildman–Crippen MR) is 100 cm³/mol. The first-order valence-electron chi connectivity index (χ1n) is 9.72. The van der Waals surface area contributed by atoms with Gasteiger partial charge in [-0.2, -0.15) is 0 Å². The molecule has 0 saturated heterocycles. The van der Waals surface area contributed by atoms with Crippen LogP contribution < -0.4 is 0 Å². The molecule has 0 aromatic heterocycles. The number of carbonyl (C=O) groups is 3. The average Bonchev–Trinajstić information content (AvgIpc) is 2.59. The summed E-state index contributed by atoms with van der Waals surface area (Å²) < 4.78 is 5.30. The highest BCUT2D eigenvalue weighted by Gasteiger charge is 2.22. The molecule has 0 spiro atoms. The van der Waals surface area contributed by atoms with Gasteiger partial charge in [-0.3, -0.25) is 4.79 Å². The fourth-order valence-corrected chi connectivity index (χ4v) is 2.68. The number of ketones is 1. The van der Waals surface area contributed by atoms with Gasteiger partial charge in [-0.1, -0.05) is 46.0 Å². The number of hydrogen-bond acceptors (Lipinski definition) is 4. The Morgan fingerprint density at radius 2 is 1.31 bits per heavy atom. The molecular weight excluding hydrogens is 336 g/mol. The van der Waals surface area contributed by atoms with Gasteiger partial charge in [-0.05, 0) is 25.7 Å². The van der Waals surface area contributed by atoms with Gasteiger partial charge in [0.25, 0.3) is 0 Å². The molecule has 6 heteroatoms. The first kappa shape index (κ1) is 24.3. The van der Waals surface area contributed by atoms with E-state index >= 15 is 0 Å².